The van der Waals surface area contributed by atoms with E-state index in [1.165, 1.54) is 12.2 Å². The first kappa shape index (κ1) is 9.86. The standard InChI is InChI=1S/C8H15NO2S/c1-2-11-8(10)5-9-7-3-4-12-6-7/h7,9H,2-6H2,1H3. The summed E-state index contributed by atoms with van der Waals surface area (Å²) in [6.45, 7) is 2.66. The van der Waals surface area contributed by atoms with Crippen LogP contribution in [0.1, 0.15) is 13.3 Å². The molecule has 4 heteroatoms. The summed E-state index contributed by atoms with van der Waals surface area (Å²) >= 11 is 1.93. The van der Waals surface area contributed by atoms with E-state index in [2.05, 4.69) is 5.32 Å². The van der Waals surface area contributed by atoms with Gasteiger partial charge in [-0.3, -0.25) is 4.79 Å². The number of esters is 1. The molecule has 1 aliphatic rings. The maximum Gasteiger partial charge on any atom is 0.319 e. The van der Waals surface area contributed by atoms with Crippen molar-refractivity contribution in [3.05, 3.63) is 0 Å². The van der Waals surface area contributed by atoms with Crippen molar-refractivity contribution in [2.45, 2.75) is 19.4 Å². The van der Waals surface area contributed by atoms with Crippen LogP contribution in [-0.4, -0.2) is 36.7 Å². The fourth-order valence-electron chi connectivity index (χ4n) is 1.14. The average molecular weight is 189 g/mol. The zero-order valence-electron chi connectivity index (χ0n) is 7.34. The molecule has 0 saturated carbocycles. The van der Waals surface area contributed by atoms with Crippen molar-refractivity contribution in [3.8, 4) is 0 Å². The van der Waals surface area contributed by atoms with E-state index in [9.17, 15) is 4.79 Å². The van der Waals surface area contributed by atoms with Crippen molar-refractivity contribution in [1.82, 2.24) is 5.32 Å². The van der Waals surface area contributed by atoms with Gasteiger partial charge in [-0.1, -0.05) is 0 Å². The van der Waals surface area contributed by atoms with Crippen molar-refractivity contribution in [2.24, 2.45) is 0 Å². The largest absolute Gasteiger partial charge is 0.465 e. The highest BCUT2D eigenvalue weighted by Crippen LogP contribution is 2.16. The van der Waals surface area contributed by atoms with Gasteiger partial charge in [0.1, 0.15) is 0 Å². The minimum atomic E-state index is -0.144. The summed E-state index contributed by atoms with van der Waals surface area (Å²) in [7, 11) is 0. The normalized spacial score (nSPS) is 22.6. The third-order valence-electron chi connectivity index (χ3n) is 1.77. The number of thioether (sulfide) groups is 1. The summed E-state index contributed by atoms with van der Waals surface area (Å²) in [5.41, 5.74) is 0. The first-order valence-electron chi connectivity index (χ1n) is 4.29. The number of hydrogen-bond donors (Lipinski definition) is 1. The van der Waals surface area contributed by atoms with Crippen LogP contribution in [0.15, 0.2) is 0 Å². The van der Waals surface area contributed by atoms with E-state index in [1.807, 2.05) is 18.7 Å². The lowest BCUT2D eigenvalue weighted by Crippen LogP contribution is -2.34. The van der Waals surface area contributed by atoms with E-state index < -0.39 is 0 Å². The predicted molar refractivity (Wildman–Crippen MR) is 50.4 cm³/mol. The first-order valence-corrected chi connectivity index (χ1v) is 5.45. The molecule has 12 heavy (non-hydrogen) atoms. The Morgan fingerprint density at radius 1 is 1.75 bits per heavy atom. The van der Waals surface area contributed by atoms with Crippen molar-refractivity contribution in [1.29, 1.82) is 0 Å². The number of hydrogen-bond acceptors (Lipinski definition) is 4. The van der Waals surface area contributed by atoms with Crippen molar-refractivity contribution >= 4 is 17.7 Å². The van der Waals surface area contributed by atoms with E-state index >= 15 is 0 Å². The minimum Gasteiger partial charge on any atom is -0.465 e. The van der Waals surface area contributed by atoms with Gasteiger partial charge in [0, 0.05) is 11.8 Å². The maximum atomic E-state index is 10.9. The number of carbonyl (C=O) groups is 1. The second kappa shape index (κ2) is 5.43. The van der Waals surface area contributed by atoms with E-state index in [0.29, 0.717) is 19.2 Å². The first-order chi connectivity index (χ1) is 5.83. The molecule has 0 bridgehead atoms. The van der Waals surface area contributed by atoms with E-state index in [1.54, 1.807) is 0 Å². The van der Waals surface area contributed by atoms with Crippen LogP contribution < -0.4 is 5.32 Å². The Labute approximate surface area is 77.2 Å². The van der Waals surface area contributed by atoms with Gasteiger partial charge in [0.05, 0.1) is 13.2 Å². The van der Waals surface area contributed by atoms with Gasteiger partial charge in [0.15, 0.2) is 0 Å². The molecule has 1 atom stereocenters. The van der Waals surface area contributed by atoms with Gasteiger partial charge < -0.3 is 10.1 Å². The van der Waals surface area contributed by atoms with Gasteiger partial charge in [-0.2, -0.15) is 11.8 Å². The highest BCUT2D eigenvalue weighted by Gasteiger charge is 2.15. The molecule has 1 aliphatic heterocycles. The lowest BCUT2D eigenvalue weighted by Gasteiger charge is -2.09. The number of ether oxygens (including phenoxy) is 1. The Morgan fingerprint density at radius 2 is 2.58 bits per heavy atom. The van der Waals surface area contributed by atoms with E-state index in [-0.39, 0.29) is 5.97 Å². The lowest BCUT2D eigenvalue weighted by molar-refractivity contribution is -0.142. The van der Waals surface area contributed by atoms with Gasteiger partial charge in [-0.25, -0.2) is 0 Å². The molecule has 1 unspecified atom stereocenters. The summed E-state index contributed by atoms with van der Waals surface area (Å²) in [4.78, 5) is 10.9. The molecule has 0 aromatic rings. The second-order valence-electron chi connectivity index (χ2n) is 2.75. The topological polar surface area (TPSA) is 38.3 Å². The summed E-state index contributed by atoms with van der Waals surface area (Å²) in [6.07, 6.45) is 1.17. The van der Waals surface area contributed by atoms with Crippen LogP contribution >= 0.6 is 11.8 Å². The Balaban J connectivity index is 2.03. The summed E-state index contributed by atoms with van der Waals surface area (Å²) < 4.78 is 4.79. The zero-order chi connectivity index (χ0) is 8.81. The van der Waals surface area contributed by atoms with Crippen LogP contribution in [0.25, 0.3) is 0 Å². The highest BCUT2D eigenvalue weighted by atomic mass is 32.2. The fourth-order valence-corrected chi connectivity index (χ4v) is 2.32. The van der Waals surface area contributed by atoms with Gasteiger partial charge in [0.25, 0.3) is 0 Å². The van der Waals surface area contributed by atoms with Gasteiger partial charge in [0.2, 0.25) is 0 Å². The SMILES string of the molecule is CCOC(=O)CNC1CCSC1. The van der Waals surface area contributed by atoms with E-state index in [4.69, 9.17) is 4.74 Å². The van der Waals surface area contributed by atoms with Crippen LogP contribution in [0.4, 0.5) is 0 Å². The third kappa shape index (κ3) is 3.45. The van der Waals surface area contributed by atoms with E-state index in [0.717, 1.165) is 5.75 Å². The maximum absolute atomic E-state index is 10.9. The molecule has 0 radical (unpaired) electrons. The molecular weight excluding hydrogens is 174 g/mol. The molecule has 1 fully saturated rings. The molecule has 0 aromatic heterocycles. The van der Waals surface area contributed by atoms with Crippen LogP contribution in [0.2, 0.25) is 0 Å². The smallest absolute Gasteiger partial charge is 0.319 e. The highest BCUT2D eigenvalue weighted by molar-refractivity contribution is 7.99. The van der Waals surface area contributed by atoms with Crippen molar-refractivity contribution in [2.75, 3.05) is 24.7 Å². The zero-order valence-corrected chi connectivity index (χ0v) is 8.15. The number of nitrogens with one attached hydrogen (secondary N) is 1. The number of rotatable bonds is 4. The van der Waals surface area contributed by atoms with Crippen LogP contribution in [-0.2, 0) is 9.53 Å². The second-order valence-corrected chi connectivity index (χ2v) is 3.90. The molecule has 1 N–H and O–H groups in total. The molecule has 1 saturated heterocycles. The molecular formula is C8H15NO2S. The van der Waals surface area contributed by atoms with Crippen LogP contribution in [0.3, 0.4) is 0 Å². The summed E-state index contributed by atoms with van der Waals surface area (Å²) in [6, 6.07) is 0.513. The Kier molecular flexibility index (Phi) is 4.46. The molecule has 1 rings (SSSR count). The molecule has 3 nitrogen and oxygen atoms in total. The molecule has 0 spiro atoms. The van der Waals surface area contributed by atoms with Crippen molar-refractivity contribution < 1.29 is 9.53 Å². The van der Waals surface area contributed by atoms with Crippen LogP contribution in [0, 0.1) is 0 Å². The quantitative estimate of drug-likeness (QED) is 0.659. The lowest BCUT2D eigenvalue weighted by atomic mass is 10.3. The Morgan fingerprint density at radius 3 is 3.17 bits per heavy atom. The molecule has 0 aromatic carbocycles. The molecule has 70 valence electrons. The molecule has 1 heterocycles. The van der Waals surface area contributed by atoms with Gasteiger partial charge in [-0.05, 0) is 19.1 Å². The minimum absolute atomic E-state index is 0.144. The van der Waals surface area contributed by atoms with Gasteiger partial charge in [-0.15, -0.1) is 0 Å². The molecule has 0 amide bonds. The average Bonchev–Trinajstić information content (AvgIpc) is 2.53. The Hall–Kier alpha value is -0.220. The molecule has 0 aliphatic carbocycles. The van der Waals surface area contributed by atoms with Crippen LogP contribution in [0.5, 0.6) is 0 Å². The predicted octanol–water partition coefficient (Wildman–Crippen LogP) is 0.645. The Bertz CT molecular complexity index is 146. The van der Waals surface area contributed by atoms with Crippen molar-refractivity contribution in [3.63, 3.8) is 0 Å². The fraction of sp³-hybridized carbons (Fsp3) is 0.875. The summed E-state index contributed by atoms with van der Waals surface area (Å²) in [5, 5.41) is 3.17. The van der Waals surface area contributed by atoms with Gasteiger partial charge >= 0.3 is 5.97 Å². The summed E-state index contributed by atoms with van der Waals surface area (Å²) in [5.74, 6) is 2.19. The number of carbonyl (C=O) groups excluding carboxylic acids is 1. The monoisotopic (exact) mass is 189 g/mol. The third-order valence-corrected chi connectivity index (χ3v) is 2.93.